The van der Waals surface area contributed by atoms with Gasteiger partial charge < -0.3 is 29.0 Å². The molecule has 2 aromatic carbocycles. The topological polar surface area (TPSA) is 202 Å². The van der Waals surface area contributed by atoms with Crippen LogP contribution in [-0.4, -0.2) is 122 Å². The Morgan fingerprint density at radius 1 is 0.712 bits per heavy atom. The van der Waals surface area contributed by atoms with Crippen molar-refractivity contribution in [1.82, 2.24) is 10.2 Å². The molecular formula is C35H45N3O13S. The molecule has 0 aromatic heterocycles. The van der Waals surface area contributed by atoms with Crippen LogP contribution in [0.2, 0.25) is 0 Å². The van der Waals surface area contributed by atoms with Gasteiger partial charge in [-0.1, -0.05) is 30.7 Å². The molecule has 52 heavy (non-hydrogen) atoms. The summed E-state index contributed by atoms with van der Waals surface area (Å²) < 4.78 is 56.1. The summed E-state index contributed by atoms with van der Waals surface area (Å²) in [7, 11) is -3.78. The molecule has 284 valence electrons. The van der Waals surface area contributed by atoms with E-state index in [9.17, 15) is 32.4 Å². The molecule has 0 aliphatic carbocycles. The van der Waals surface area contributed by atoms with E-state index in [1.807, 2.05) is 0 Å². The summed E-state index contributed by atoms with van der Waals surface area (Å²) in [6, 6.07) is 11.4. The molecule has 17 heteroatoms. The second kappa shape index (κ2) is 21.4. The Balaban J connectivity index is 0.929. The Morgan fingerprint density at radius 3 is 1.92 bits per heavy atom. The first-order chi connectivity index (χ1) is 25.2. The average Bonchev–Trinajstić information content (AvgIpc) is 3.38. The van der Waals surface area contributed by atoms with E-state index in [-0.39, 0.29) is 60.1 Å². The summed E-state index contributed by atoms with van der Waals surface area (Å²) in [6.07, 6.45) is 2.38. The molecule has 16 nitrogen and oxygen atoms in total. The first-order valence-electron chi connectivity index (χ1n) is 17.2. The van der Waals surface area contributed by atoms with Crippen LogP contribution in [0.3, 0.4) is 0 Å². The van der Waals surface area contributed by atoms with E-state index >= 15 is 0 Å². The standard InChI is InChI=1S/C35H45N3O13S/c39-30(36-28-11-7-10-27-32(28)35(43)38(34(27)42)29-13-14-31(40)37-33(29)41)12-5-2-6-15-46-16-17-47-18-19-48-20-21-49-22-23-50-24-25-51-52(44,45)26-8-3-1-4-9-26/h1,3-4,7-11,29H,2,5-6,12-25H2,(H,36,39)(H,37,40,41). The molecule has 0 saturated carbocycles. The first-order valence-corrected chi connectivity index (χ1v) is 18.6. The van der Waals surface area contributed by atoms with Crippen molar-refractivity contribution in [2.45, 2.75) is 49.5 Å². The second-order valence-electron chi connectivity index (χ2n) is 11.7. The number of piperidine rings is 1. The summed E-state index contributed by atoms with van der Waals surface area (Å²) in [5.41, 5.74) is 0.355. The minimum absolute atomic E-state index is 0.0224. The highest BCUT2D eigenvalue weighted by Crippen LogP contribution is 2.32. The van der Waals surface area contributed by atoms with Crippen molar-refractivity contribution in [3.8, 4) is 0 Å². The lowest BCUT2D eigenvalue weighted by Crippen LogP contribution is -2.54. The number of rotatable bonds is 25. The Kier molecular flexibility index (Phi) is 16.8. The predicted molar refractivity (Wildman–Crippen MR) is 184 cm³/mol. The first kappa shape index (κ1) is 40.7. The minimum Gasteiger partial charge on any atom is -0.379 e. The van der Waals surface area contributed by atoms with Gasteiger partial charge in [0, 0.05) is 19.4 Å². The van der Waals surface area contributed by atoms with Gasteiger partial charge in [0.05, 0.1) is 87.8 Å². The fraction of sp³-hybridized carbons (Fsp3) is 0.514. The van der Waals surface area contributed by atoms with Crippen LogP contribution in [0.4, 0.5) is 5.69 Å². The van der Waals surface area contributed by atoms with Gasteiger partial charge in [0.1, 0.15) is 6.04 Å². The van der Waals surface area contributed by atoms with Crippen molar-refractivity contribution in [3.63, 3.8) is 0 Å². The van der Waals surface area contributed by atoms with E-state index < -0.39 is 39.8 Å². The van der Waals surface area contributed by atoms with Gasteiger partial charge >= 0.3 is 0 Å². The van der Waals surface area contributed by atoms with Crippen LogP contribution < -0.4 is 10.6 Å². The number of amides is 5. The van der Waals surface area contributed by atoms with E-state index in [4.69, 9.17) is 27.9 Å². The van der Waals surface area contributed by atoms with Gasteiger partial charge in [0.25, 0.3) is 21.9 Å². The predicted octanol–water partition coefficient (Wildman–Crippen LogP) is 2.08. The molecule has 4 rings (SSSR count). The summed E-state index contributed by atoms with van der Waals surface area (Å²) in [6.45, 7) is 3.62. The summed E-state index contributed by atoms with van der Waals surface area (Å²) in [5, 5.41) is 4.88. The highest BCUT2D eigenvalue weighted by Gasteiger charge is 2.45. The number of carbonyl (C=O) groups is 5. The van der Waals surface area contributed by atoms with E-state index in [0.29, 0.717) is 65.9 Å². The minimum atomic E-state index is -3.78. The van der Waals surface area contributed by atoms with Gasteiger partial charge in [0.15, 0.2) is 0 Å². The molecule has 1 unspecified atom stereocenters. The van der Waals surface area contributed by atoms with Crippen molar-refractivity contribution in [2.24, 2.45) is 0 Å². The summed E-state index contributed by atoms with van der Waals surface area (Å²) in [5.74, 6) is -2.76. The Hall–Kier alpha value is -4.10. The van der Waals surface area contributed by atoms with E-state index in [0.717, 1.165) is 17.7 Å². The van der Waals surface area contributed by atoms with Crippen LogP contribution in [0.15, 0.2) is 53.4 Å². The zero-order valence-electron chi connectivity index (χ0n) is 28.9. The molecule has 2 aliphatic rings. The highest BCUT2D eigenvalue weighted by atomic mass is 32.2. The van der Waals surface area contributed by atoms with Crippen LogP contribution in [0.25, 0.3) is 0 Å². The van der Waals surface area contributed by atoms with Gasteiger partial charge in [0.2, 0.25) is 17.7 Å². The molecule has 5 amide bonds. The normalized spacial score (nSPS) is 15.9. The number of hydrogen-bond acceptors (Lipinski definition) is 13. The van der Waals surface area contributed by atoms with Crippen molar-refractivity contribution in [2.75, 3.05) is 78.0 Å². The van der Waals surface area contributed by atoms with Gasteiger partial charge in [-0.25, -0.2) is 0 Å². The van der Waals surface area contributed by atoms with Crippen LogP contribution in [0.1, 0.15) is 59.2 Å². The fourth-order valence-electron chi connectivity index (χ4n) is 5.34. The lowest BCUT2D eigenvalue weighted by Gasteiger charge is -2.27. The third-order valence-electron chi connectivity index (χ3n) is 7.92. The number of nitrogens with one attached hydrogen (secondary N) is 2. The molecule has 0 radical (unpaired) electrons. The second-order valence-corrected chi connectivity index (χ2v) is 13.3. The van der Waals surface area contributed by atoms with Gasteiger partial charge in [-0.2, -0.15) is 8.42 Å². The average molecular weight is 748 g/mol. The lowest BCUT2D eigenvalue weighted by molar-refractivity contribution is -0.136. The molecule has 2 aromatic rings. The Morgan fingerprint density at radius 2 is 1.31 bits per heavy atom. The molecule has 0 spiro atoms. The van der Waals surface area contributed by atoms with E-state index in [1.54, 1.807) is 30.3 Å². The van der Waals surface area contributed by atoms with Crippen LogP contribution in [-0.2, 0) is 52.4 Å². The maximum absolute atomic E-state index is 13.2. The maximum atomic E-state index is 13.2. The number of unbranched alkanes of at least 4 members (excludes halogenated alkanes) is 2. The summed E-state index contributed by atoms with van der Waals surface area (Å²) >= 11 is 0. The van der Waals surface area contributed by atoms with Crippen LogP contribution in [0, 0.1) is 0 Å². The van der Waals surface area contributed by atoms with Crippen LogP contribution >= 0.6 is 0 Å². The molecule has 1 fully saturated rings. The monoisotopic (exact) mass is 747 g/mol. The molecular weight excluding hydrogens is 702 g/mol. The number of benzene rings is 2. The van der Waals surface area contributed by atoms with Crippen molar-refractivity contribution in [1.29, 1.82) is 0 Å². The zero-order valence-corrected chi connectivity index (χ0v) is 29.7. The smallest absolute Gasteiger partial charge is 0.297 e. The Bertz CT molecular complexity index is 1620. The summed E-state index contributed by atoms with van der Waals surface area (Å²) in [4.78, 5) is 63.5. The molecule has 1 atom stereocenters. The quantitative estimate of drug-likeness (QED) is 0.0850. The van der Waals surface area contributed by atoms with Gasteiger partial charge in [-0.3, -0.25) is 38.4 Å². The number of nitrogens with zero attached hydrogens (tertiary/aromatic N) is 1. The zero-order chi connectivity index (χ0) is 37.2. The molecule has 2 N–H and O–H groups in total. The third-order valence-corrected chi connectivity index (χ3v) is 9.25. The number of ether oxygens (including phenoxy) is 5. The molecule has 2 aliphatic heterocycles. The SMILES string of the molecule is O=C1CCC(N2C(=O)c3cccc(NC(=O)CCCCCOCCOCCOCCOCCOCCOS(=O)(=O)c4ccccc4)c3C2=O)C(=O)N1. The van der Waals surface area contributed by atoms with Crippen molar-refractivity contribution < 1.29 is 60.3 Å². The van der Waals surface area contributed by atoms with E-state index in [1.165, 1.54) is 18.2 Å². The fourth-order valence-corrected chi connectivity index (χ4v) is 6.25. The number of carbonyl (C=O) groups excluding carboxylic acids is 5. The van der Waals surface area contributed by atoms with Crippen molar-refractivity contribution >= 4 is 45.3 Å². The van der Waals surface area contributed by atoms with Crippen LogP contribution in [0.5, 0.6) is 0 Å². The number of fused-ring (bicyclic) bond motifs is 1. The lowest BCUT2D eigenvalue weighted by atomic mass is 10.0. The van der Waals surface area contributed by atoms with Crippen molar-refractivity contribution in [3.05, 3.63) is 59.7 Å². The van der Waals surface area contributed by atoms with E-state index in [2.05, 4.69) is 10.6 Å². The molecule has 2 heterocycles. The Labute approximate surface area is 302 Å². The number of anilines is 1. The number of hydrogen-bond donors (Lipinski definition) is 2. The third kappa shape index (κ3) is 12.5. The molecule has 0 bridgehead atoms. The maximum Gasteiger partial charge on any atom is 0.297 e. The number of imide groups is 2. The van der Waals surface area contributed by atoms with Gasteiger partial charge in [-0.05, 0) is 43.5 Å². The molecule has 1 saturated heterocycles. The largest absolute Gasteiger partial charge is 0.379 e. The highest BCUT2D eigenvalue weighted by molar-refractivity contribution is 7.86. The van der Waals surface area contributed by atoms with Gasteiger partial charge in [-0.15, -0.1) is 0 Å².